The molecule has 0 bridgehead atoms. The summed E-state index contributed by atoms with van der Waals surface area (Å²) in [5.41, 5.74) is 0.989. The molecule has 2 aromatic rings. The molecule has 0 spiro atoms. The van der Waals surface area contributed by atoms with Gasteiger partial charge in [0.2, 0.25) is 0 Å². The van der Waals surface area contributed by atoms with E-state index in [1.54, 1.807) is 33.3 Å². The first-order valence-corrected chi connectivity index (χ1v) is 9.66. The van der Waals surface area contributed by atoms with E-state index in [0.29, 0.717) is 30.5 Å². The van der Waals surface area contributed by atoms with Gasteiger partial charge in [0.15, 0.2) is 12.6 Å². The summed E-state index contributed by atoms with van der Waals surface area (Å²) in [6, 6.07) is 13.5. The number of guanidine groups is 1. The fourth-order valence-electron chi connectivity index (χ4n) is 2.45. The summed E-state index contributed by atoms with van der Waals surface area (Å²) < 4.78 is 24.3. The van der Waals surface area contributed by atoms with Crippen LogP contribution in [0.4, 0.5) is 4.39 Å². The van der Waals surface area contributed by atoms with Gasteiger partial charge in [0.05, 0.1) is 6.54 Å². The normalized spacial score (nSPS) is 11.7. The minimum atomic E-state index is -0.295. The molecule has 0 aliphatic heterocycles. The molecule has 0 aliphatic rings. The molecule has 2 aromatic carbocycles. The number of likely N-dealkylation sites (N-methyl/N-ethyl adjacent to an activating group) is 1. The van der Waals surface area contributed by atoms with Crippen LogP contribution in [0.3, 0.4) is 0 Å². The summed E-state index contributed by atoms with van der Waals surface area (Å²) in [6.45, 7) is 2.97. The summed E-state index contributed by atoms with van der Waals surface area (Å²) >= 11 is 0. The van der Waals surface area contributed by atoms with E-state index >= 15 is 0 Å². The summed E-state index contributed by atoms with van der Waals surface area (Å²) in [5.74, 6) is 1.47. The Morgan fingerprint density at radius 3 is 2.48 bits per heavy atom. The number of benzene rings is 2. The van der Waals surface area contributed by atoms with E-state index in [1.165, 1.54) is 17.0 Å². The Kier molecular flexibility index (Phi) is 11.7. The molecule has 1 amide bonds. The predicted octanol–water partition coefficient (Wildman–Crippen LogP) is 3.04. The van der Waals surface area contributed by atoms with Crippen LogP contribution < -0.4 is 20.1 Å². The van der Waals surface area contributed by atoms with Gasteiger partial charge in [-0.25, -0.2) is 4.39 Å². The first-order chi connectivity index (χ1) is 14.4. The molecule has 0 saturated heterocycles. The molecule has 2 rings (SSSR count). The van der Waals surface area contributed by atoms with Crippen LogP contribution in [0.25, 0.3) is 0 Å². The average Bonchev–Trinajstić information content (AvgIpc) is 2.74. The number of carbonyl (C=O) groups excluding carboxylic acids is 1. The Morgan fingerprint density at radius 2 is 1.84 bits per heavy atom. The third-order valence-electron chi connectivity index (χ3n) is 4.15. The Hall–Kier alpha value is -2.56. The van der Waals surface area contributed by atoms with Crippen molar-refractivity contribution in [2.45, 2.75) is 19.6 Å². The molecule has 31 heavy (non-hydrogen) atoms. The molecule has 2 N–H and O–H groups in total. The van der Waals surface area contributed by atoms with E-state index in [1.807, 2.05) is 31.2 Å². The van der Waals surface area contributed by atoms with E-state index in [0.717, 1.165) is 5.56 Å². The number of carbonyl (C=O) groups is 1. The highest BCUT2D eigenvalue weighted by molar-refractivity contribution is 14.0. The number of aliphatic imine (C=N–C) groups is 1. The number of hydrogen-bond acceptors (Lipinski definition) is 4. The molecule has 0 fully saturated rings. The molecule has 0 aromatic heterocycles. The maximum atomic E-state index is 13.0. The van der Waals surface area contributed by atoms with Gasteiger partial charge >= 0.3 is 0 Å². The smallest absolute Gasteiger partial charge is 0.259 e. The second-order valence-electron chi connectivity index (χ2n) is 6.91. The van der Waals surface area contributed by atoms with Crippen LogP contribution in [-0.4, -0.2) is 57.2 Å². The van der Waals surface area contributed by atoms with Crippen LogP contribution in [0, 0.1) is 5.82 Å². The zero-order chi connectivity index (χ0) is 21.9. The molecule has 1 atom stereocenters. The monoisotopic (exact) mass is 544 g/mol. The van der Waals surface area contributed by atoms with Gasteiger partial charge in [-0.1, -0.05) is 12.1 Å². The summed E-state index contributed by atoms with van der Waals surface area (Å²) in [7, 11) is 5.07. The minimum Gasteiger partial charge on any atom is -0.489 e. The van der Waals surface area contributed by atoms with Crippen molar-refractivity contribution in [2.75, 3.05) is 34.3 Å². The fourth-order valence-corrected chi connectivity index (χ4v) is 2.45. The maximum Gasteiger partial charge on any atom is 0.259 e. The quantitative estimate of drug-likeness (QED) is 0.289. The third kappa shape index (κ3) is 9.86. The lowest BCUT2D eigenvalue weighted by Gasteiger charge is -2.18. The molecule has 1 unspecified atom stereocenters. The zero-order valence-electron chi connectivity index (χ0n) is 18.2. The number of halogens is 2. The first kappa shape index (κ1) is 26.5. The van der Waals surface area contributed by atoms with Crippen molar-refractivity contribution < 1.29 is 18.7 Å². The number of nitrogens with zero attached hydrogens (tertiary/aromatic N) is 2. The molecule has 9 heteroatoms. The van der Waals surface area contributed by atoms with E-state index < -0.39 is 0 Å². The van der Waals surface area contributed by atoms with Crippen LogP contribution in [0.5, 0.6) is 11.5 Å². The van der Waals surface area contributed by atoms with Crippen LogP contribution in [0.1, 0.15) is 12.5 Å². The van der Waals surface area contributed by atoms with Gasteiger partial charge in [0, 0.05) is 27.7 Å². The maximum absolute atomic E-state index is 13.0. The lowest BCUT2D eigenvalue weighted by molar-refractivity contribution is -0.130. The molecule has 0 radical (unpaired) electrons. The van der Waals surface area contributed by atoms with Gasteiger partial charge in [-0.2, -0.15) is 0 Å². The van der Waals surface area contributed by atoms with E-state index in [4.69, 9.17) is 9.47 Å². The summed E-state index contributed by atoms with van der Waals surface area (Å²) in [4.78, 5) is 17.3. The average molecular weight is 544 g/mol. The Labute approximate surface area is 200 Å². The van der Waals surface area contributed by atoms with Crippen molar-refractivity contribution in [2.24, 2.45) is 4.99 Å². The Bertz CT molecular complexity index is 847. The number of nitrogens with one attached hydrogen (secondary N) is 2. The van der Waals surface area contributed by atoms with Crippen molar-refractivity contribution >= 4 is 35.8 Å². The molecule has 0 aliphatic carbocycles. The summed E-state index contributed by atoms with van der Waals surface area (Å²) in [6.07, 6.45) is -0.139. The van der Waals surface area contributed by atoms with Gasteiger partial charge in [0.1, 0.15) is 23.4 Å². The largest absolute Gasteiger partial charge is 0.489 e. The Morgan fingerprint density at radius 1 is 1.13 bits per heavy atom. The number of rotatable bonds is 9. The summed E-state index contributed by atoms with van der Waals surface area (Å²) in [5, 5.41) is 6.42. The molecule has 170 valence electrons. The van der Waals surface area contributed by atoms with Gasteiger partial charge in [0.25, 0.3) is 5.91 Å². The first-order valence-electron chi connectivity index (χ1n) is 9.66. The van der Waals surface area contributed by atoms with Crippen LogP contribution >= 0.6 is 24.0 Å². The topological polar surface area (TPSA) is 75.2 Å². The highest BCUT2D eigenvalue weighted by Gasteiger charge is 2.08. The number of amides is 1. The van der Waals surface area contributed by atoms with Crippen molar-refractivity contribution in [1.82, 2.24) is 15.5 Å². The standard InChI is InChI=1S/C22H29FN4O3.HI/c1-16(30-19-10-8-18(23)9-11-19)13-25-22(24-2)26-14-17-6-5-7-20(12-17)29-15-21(28)27(3)4;/h5-12,16H,13-15H2,1-4H3,(H2,24,25,26);1H. The molecular formula is C22H30FIN4O3. The fraction of sp³-hybridized carbons (Fsp3) is 0.364. The molecular weight excluding hydrogens is 514 g/mol. The molecule has 0 saturated carbocycles. The second-order valence-corrected chi connectivity index (χ2v) is 6.91. The van der Waals surface area contributed by atoms with Crippen molar-refractivity contribution in [3.05, 3.63) is 59.9 Å². The van der Waals surface area contributed by atoms with Crippen molar-refractivity contribution in [1.29, 1.82) is 0 Å². The lowest BCUT2D eigenvalue weighted by atomic mass is 10.2. The van der Waals surface area contributed by atoms with Crippen molar-refractivity contribution in [3.63, 3.8) is 0 Å². The zero-order valence-corrected chi connectivity index (χ0v) is 20.6. The molecule has 7 nitrogen and oxygen atoms in total. The Balaban J connectivity index is 0.00000480. The predicted molar refractivity (Wildman–Crippen MR) is 131 cm³/mol. The van der Waals surface area contributed by atoms with Gasteiger partial charge in [-0.3, -0.25) is 9.79 Å². The number of hydrogen-bond donors (Lipinski definition) is 2. The van der Waals surface area contributed by atoms with E-state index in [-0.39, 0.29) is 48.4 Å². The van der Waals surface area contributed by atoms with Crippen LogP contribution in [-0.2, 0) is 11.3 Å². The van der Waals surface area contributed by atoms with Gasteiger partial charge < -0.3 is 25.0 Å². The highest BCUT2D eigenvalue weighted by atomic mass is 127. The van der Waals surface area contributed by atoms with E-state index in [2.05, 4.69) is 15.6 Å². The second kappa shape index (κ2) is 13.7. The van der Waals surface area contributed by atoms with Gasteiger partial charge in [-0.15, -0.1) is 24.0 Å². The van der Waals surface area contributed by atoms with Gasteiger partial charge in [-0.05, 0) is 48.9 Å². The minimum absolute atomic E-state index is 0. The van der Waals surface area contributed by atoms with Crippen molar-refractivity contribution in [3.8, 4) is 11.5 Å². The van der Waals surface area contributed by atoms with E-state index in [9.17, 15) is 9.18 Å². The lowest BCUT2D eigenvalue weighted by Crippen LogP contribution is -2.41. The number of ether oxygens (including phenoxy) is 2. The molecule has 0 heterocycles. The third-order valence-corrected chi connectivity index (χ3v) is 4.15. The van der Waals surface area contributed by atoms with Crippen LogP contribution in [0.15, 0.2) is 53.5 Å². The SMILES string of the molecule is CN=C(NCc1cccc(OCC(=O)N(C)C)c1)NCC(C)Oc1ccc(F)cc1.I. The highest BCUT2D eigenvalue weighted by Crippen LogP contribution is 2.14. The van der Waals surface area contributed by atoms with Crippen LogP contribution in [0.2, 0.25) is 0 Å².